The molecule has 0 atom stereocenters. The number of fused-ring (bicyclic) bond motifs is 1. The van der Waals surface area contributed by atoms with Gasteiger partial charge in [-0.3, -0.25) is 4.79 Å². The van der Waals surface area contributed by atoms with Crippen molar-refractivity contribution >= 4 is 22.0 Å². The van der Waals surface area contributed by atoms with Crippen LogP contribution in [0.2, 0.25) is 0 Å². The maximum Gasteiger partial charge on any atom is 0.339 e. The molecule has 0 saturated heterocycles. The Labute approximate surface area is 191 Å². The second-order valence-corrected chi connectivity index (χ2v) is 8.46. The highest BCUT2D eigenvalue weighted by Crippen LogP contribution is 2.37. The third kappa shape index (κ3) is 4.49. The van der Waals surface area contributed by atoms with Gasteiger partial charge in [0.2, 0.25) is 5.78 Å². The first-order chi connectivity index (χ1) is 15.8. The van der Waals surface area contributed by atoms with Gasteiger partial charge in [0.05, 0.1) is 26.9 Å². The molecule has 1 heterocycles. The molecular formula is C24H20O8S. The van der Waals surface area contributed by atoms with Gasteiger partial charge in [-0.25, -0.2) is 0 Å². The number of hydrogen-bond acceptors (Lipinski definition) is 8. The number of carbonyl (C=O) groups excluding carboxylic acids is 1. The molecule has 0 amide bonds. The average molecular weight is 468 g/mol. The second-order valence-electron chi connectivity index (χ2n) is 6.92. The van der Waals surface area contributed by atoms with Crippen molar-refractivity contribution in [2.45, 2.75) is 4.90 Å². The number of hydrogen-bond donors (Lipinski definition) is 0. The lowest BCUT2D eigenvalue weighted by Crippen LogP contribution is -2.09. The molecule has 0 fully saturated rings. The Morgan fingerprint density at radius 3 is 2.12 bits per heavy atom. The van der Waals surface area contributed by atoms with E-state index in [9.17, 15) is 13.2 Å². The molecule has 0 saturated carbocycles. The molecule has 4 rings (SSSR count). The molecular weight excluding hydrogens is 448 g/mol. The number of ketones is 1. The summed E-state index contributed by atoms with van der Waals surface area (Å²) in [7, 11) is 0.452. The van der Waals surface area contributed by atoms with E-state index in [0.29, 0.717) is 28.4 Å². The van der Waals surface area contributed by atoms with Gasteiger partial charge < -0.3 is 23.1 Å². The molecule has 3 aromatic rings. The molecule has 8 nitrogen and oxygen atoms in total. The van der Waals surface area contributed by atoms with Gasteiger partial charge in [0.15, 0.2) is 5.76 Å². The third-order valence-corrected chi connectivity index (χ3v) is 6.18. The minimum Gasteiger partial charge on any atom is -0.497 e. The smallest absolute Gasteiger partial charge is 0.339 e. The molecule has 3 aromatic carbocycles. The first kappa shape index (κ1) is 22.2. The van der Waals surface area contributed by atoms with Gasteiger partial charge in [-0.2, -0.15) is 8.42 Å². The summed E-state index contributed by atoms with van der Waals surface area (Å²) in [6.45, 7) is 0. The zero-order chi connectivity index (χ0) is 23.6. The topological polar surface area (TPSA) is 97.4 Å². The molecule has 0 N–H and O–H groups in total. The van der Waals surface area contributed by atoms with Crippen LogP contribution in [0.25, 0.3) is 6.08 Å². The Hall–Kier alpha value is -3.98. The van der Waals surface area contributed by atoms with E-state index in [1.165, 1.54) is 56.7 Å². The van der Waals surface area contributed by atoms with Crippen molar-refractivity contribution in [1.82, 2.24) is 0 Å². The summed E-state index contributed by atoms with van der Waals surface area (Å²) in [4.78, 5) is 12.7. The molecule has 170 valence electrons. The lowest BCUT2D eigenvalue weighted by Gasteiger charge is -2.09. The molecule has 33 heavy (non-hydrogen) atoms. The van der Waals surface area contributed by atoms with Crippen LogP contribution in [0.15, 0.2) is 71.3 Å². The van der Waals surface area contributed by atoms with Crippen LogP contribution in [0.3, 0.4) is 0 Å². The van der Waals surface area contributed by atoms with Crippen molar-refractivity contribution in [1.29, 1.82) is 0 Å². The van der Waals surface area contributed by atoms with Crippen LogP contribution in [0.1, 0.15) is 15.9 Å². The quantitative estimate of drug-likeness (QED) is 0.378. The summed E-state index contributed by atoms with van der Waals surface area (Å²) < 4.78 is 51.7. The Kier molecular flexibility index (Phi) is 5.97. The molecule has 0 bridgehead atoms. The van der Waals surface area contributed by atoms with Crippen LogP contribution in [-0.2, 0) is 10.1 Å². The van der Waals surface area contributed by atoms with Crippen molar-refractivity contribution in [3.05, 3.63) is 77.5 Å². The maximum absolute atomic E-state index is 12.8. The summed E-state index contributed by atoms with van der Waals surface area (Å²) in [6, 6.07) is 15.2. The van der Waals surface area contributed by atoms with E-state index in [-0.39, 0.29) is 27.9 Å². The SMILES string of the molecule is COc1ccc(S(=O)(=O)Oc2ccc3c(c2)OC(=Cc2ccc(OC)cc2OC)C3=O)cc1. The predicted octanol–water partition coefficient (Wildman–Crippen LogP) is 4.10. The number of benzene rings is 3. The van der Waals surface area contributed by atoms with Gasteiger partial charge in [0.25, 0.3) is 0 Å². The van der Waals surface area contributed by atoms with Gasteiger partial charge in [-0.05, 0) is 54.6 Å². The zero-order valence-corrected chi connectivity index (χ0v) is 18.8. The second kappa shape index (κ2) is 8.87. The Balaban J connectivity index is 1.58. The van der Waals surface area contributed by atoms with Crippen molar-refractivity contribution in [2.24, 2.45) is 0 Å². The van der Waals surface area contributed by atoms with Gasteiger partial charge in [0.1, 0.15) is 33.6 Å². The number of Topliss-reactive ketones (excluding diaryl/α,β-unsaturated/α-hetero) is 1. The number of methoxy groups -OCH3 is 3. The molecule has 1 aliphatic rings. The predicted molar refractivity (Wildman–Crippen MR) is 120 cm³/mol. The molecule has 0 unspecified atom stereocenters. The summed E-state index contributed by atoms with van der Waals surface area (Å²) >= 11 is 0. The lowest BCUT2D eigenvalue weighted by atomic mass is 10.1. The molecule has 9 heteroatoms. The normalized spacial score (nSPS) is 13.9. The number of carbonyl (C=O) groups is 1. The molecule has 0 aromatic heterocycles. The minimum absolute atomic E-state index is 0.0145. The van der Waals surface area contributed by atoms with Crippen molar-refractivity contribution in [3.8, 4) is 28.7 Å². The van der Waals surface area contributed by atoms with E-state index in [1.54, 1.807) is 31.4 Å². The fourth-order valence-corrected chi connectivity index (χ4v) is 4.14. The molecule has 0 spiro atoms. The third-order valence-electron chi connectivity index (χ3n) is 4.92. The molecule has 0 radical (unpaired) electrons. The first-order valence-electron chi connectivity index (χ1n) is 9.73. The van der Waals surface area contributed by atoms with E-state index in [1.807, 2.05) is 0 Å². The zero-order valence-electron chi connectivity index (χ0n) is 18.0. The van der Waals surface area contributed by atoms with Crippen LogP contribution in [0, 0.1) is 0 Å². The summed E-state index contributed by atoms with van der Waals surface area (Å²) in [5, 5.41) is 0. The molecule has 0 aliphatic carbocycles. The summed E-state index contributed by atoms with van der Waals surface area (Å²) in [5.74, 6) is 1.57. The van der Waals surface area contributed by atoms with Crippen molar-refractivity contribution < 1.29 is 36.3 Å². The van der Waals surface area contributed by atoms with Crippen LogP contribution in [0.5, 0.6) is 28.7 Å². The van der Waals surface area contributed by atoms with Gasteiger partial charge in [-0.1, -0.05) is 0 Å². The van der Waals surface area contributed by atoms with Crippen LogP contribution in [0.4, 0.5) is 0 Å². The van der Waals surface area contributed by atoms with E-state index in [4.69, 9.17) is 23.1 Å². The van der Waals surface area contributed by atoms with Gasteiger partial charge in [-0.15, -0.1) is 0 Å². The highest BCUT2D eigenvalue weighted by molar-refractivity contribution is 7.87. The minimum atomic E-state index is -4.09. The standard InChI is InChI=1S/C24H20O8S/c1-28-16-6-9-19(10-7-16)33(26,27)32-18-8-11-20-22(14-18)31-23(24(20)25)12-15-4-5-17(29-2)13-21(15)30-3/h4-14H,1-3H3. The Morgan fingerprint density at radius 1 is 0.788 bits per heavy atom. The average Bonchev–Trinajstić information content (AvgIpc) is 3.13. The summed E-state index contributed by atoms with van der Waals surface area (Å²) in [6.07, 6.45) is 1.55. The first-order valence-corrected chi connectivity index (χ1v) is 11.1. The van der Waals surface area contributed by atoms with E-state index in [0.717, 1.165) is 0 Å². The largest absolute Gasteiger partial charge is 0.497 e. The summed E-state index contributed by atoms with van der Waals surface area (Å²) in [5.41, 5.74) is 0.913. The number of allylic oxidation sites excluding steroid dienone is 1. The Morgan fingerprint density at radius 2 is 1.45 bits per heavy atom. The monoisotopic (exact) mass is 468 g/mol. The van der Waals surface area contributed by atoms with Crippen molar-refractivity contribution in [2.75, 3.05) is 21.3 Å². The van der Waals surface area contributed by atoms with Crippen LogP contribution < -0.4 is 23.1 Å². The van der Waals surface area contributed by atoms with Crippen LogP contribution in [-0.4, -0.2) is 35.5 Å². The highest BCUT2D eigenvalue weighted by Gasteiger charge is 2.29. The number of rotatable bonds is 7. The lowest BCUT2D eigenvalue weighted by molar-refractivity contribution is 0.101. The molecule has 1 aliphatic heterocycles. The van der Waals surface area contributed by atoms with E-state index < -0.39 is 10.1 Å². The highest BCUT2D eigenvalue weighted by atomic mass is 32.2. The maximum atomic E-state index is 12.8. The van der Waals surface area contributed by atoms with Crippen LogP contribution >= 0.6 is 0 Å². The van der Waals surface area contributed by atoms with Gasteiger partial charge >= 0.3 is 10.1 Å². The Bertz CT molecular complexity index is 1340. The van der Waals surface area contributed by atoms with Crippen molar-refractivity contribution in [3.63, 3.8) is 0 Å². The van der Waals surface area contributed by atoms with E-state index >= 15 is 0 Å². The fourth-order valence-electron chi connectivity index (χ4n) is 3.22. The van der Waals surface area contributed by atoms with Gasteiger partial charge in [0, 0.05) is 17.7 Å². The van der Waals surface area contributed by atoms with E-state index in [2.05, 4.69) is 0 Å². The fraction of sp³-hybridized carbons (Fsp3) is 0.125. The number of ether oxygens (including phenoxy) is 4.